The van der Waals surface area contributed by atoms with E-state index >= 15 is 0 Å². The molecular formula is C12H15N5O2S. The van der Waals surface area contributed by atoms with Crippen LogP contribution in [0.1, 0.15) is 5.82 Å². The SMILES string of the molecule is CNc1cccnc1S(=O)(=O)N1CCn2ccnc2C1. The maximum atomic E-state index is 12.7. The Labute approximate surface area is 117 Å². The average molecular weight is 293 g/mol. The lowest BCUT2D eigenvalue weighted by atomic mass is 10.4. The van der Waals surface area contributed by atoms with Crippen LogP contribution < -0.4 is 5.32 Å². The molecule has 0 saturated heterocycles. The Bertz CT molecular complexity index is 725. The quantitative estimate of drug-likeness (QED) is 0.892. The van der Waals surface area contributed by atoms with Gasteiger partial charge >= 0.3 is 0 Å². The van der Waals surface area contributed by atoms with Gasteiger partial charge in [0.25, 0.3) is 10.0 Å². The second-order valence-corrected chi connectivity index (χ2v) is 6.33. The molecule has 0 aliphatic carbocycles. The monoisotopic (exact) mass is 293 g/mol. The minimum atomic E-state index is -3.62. The van der Waals surface area contributed by atoms with Crippen molar-refractivity contribution in [3.05, 3.63) is 36.5 Å². The number of sulfonamides is 1. The van der Waals surface area contributed by atoms with Gasteiger partial charge < -0.3 is 9.88 Å². The molecule has 0 aromatic carbocycles. The molecule has 8 heteroatoms. The minimum Gasteiger partial charge on any atom is -0.386 e. The summed E-state index contributed by atoms with van der Waals surface area (Å²) in [5.41, 5.74) is 0.501. The molecule has 0 fully saturated rings. The summed E-state index contributed by atoms with van der Waals surface area (Å²) in [6, 6.07) is 3.40. The summed E-state index contributed by atoms with van der Waals surface area (Å²) in [4.78, 5) is 8.20. The van der Waals surface area contributed by atoms with Crippen molar-refractivity contribution in [2.75, 3.05) is 18.9 Å². The van der Waals surface area contributed by atoms with Gasteiger partial charge in [0.15, 0.2) is 5.03 Å². The number of rotatable bonds is 3. The van der Waals surface area contributed by atoms with Gasteiger partial charge in [-0.3, -0.25) is 0 Å². The number of aromatic nitrogens is 3. The van der Waals surface area contributed by atoms with Gasteiger partial charge in [0.2, 0.25) is 0 Å². The van der Waals surface area contributed by atoms with E-state index in [2.05, 4.69) is 15.3 Å². The van der Waals surface area contributed by atoms with Crippen LogP contribution in [0.15, 0.2) is 35.7 Å². The van der Waals surface area contributed by atoms with E-state index in [9.17, 15) is 8.42 Å². The fourth-order valence-electron chi connectivity index (χ4n) is 2.27. The normalized spacial score (nSPS) is 15.8. The first kappa shape index (κ1) is 13.1. The summed E-state index contributed by atoms with van der Waals surface area (Å²) in [6.45, 7) is 1.30. The molecule has 1 aliphatic heterocycles. The van der Waals surface area contributed by atoms with E-state index in [0.717, 1.165) is 5.82 Å². The average Bonchev–Trinajstić information content (AvgIpc) is 2.94. The molecular weight excluding hydrogens is 278 g/mol. The molecule has 2 aromatic heterocycles. The summed E-state index contributed by atoms with van der Waals surface area (Å²) < 4.78 is 28.7. The zero-order chi connectivity index (χ0) is 14.2. The fourth-order valence-corrected chi connectivity index (χ4v) is 3.76. The number of hydrogen-bond acceptors (Lipinski definition) is 5. The Morgan fingerprint density at radius 2 is 2.10 bits per heavy atom. The first-order valence-corrected chi connectivity index (χ1v) is 7.70. The third-order valence-electron chi connectivity index (χ3n) is 3.33. The van der Waals surface area contributed by atoms with Crippen molar-refractivity contribution in [3.63, 3.8) is 0 Å². The van der Waals surface area contributed by atoms with Gasteiger partial charge in [-0.1, -0.05) is 0 Å². The molecule has 20 heavy (non-hydrogen) atoms. The van der Waals surface area contributed by atoms with Crippen LogP contribution in [0, 0.1) is 0 Å². The van der Waals surface area contributed by atoms with Gasteiger partial charge in [-0.05, 0) is 12.1 Å². The van der Waals surface area contributed by atoms with E-state index < -0.39 is 10.0 Å². The highest BCUT2D eigenvalue weighted by atomic mass is 32.2. The summed E-state index contributed by atoms with van der Waals surface area (Å²) in [5.74, 6) is 0.752. The molecule has 3 rings (SSSR count). The Morgan fingerprint density at radius 3 is 2.90 bits per heavy atom. The number of nitrogens with one attached hydrogen (secondary N) is 1. The van der Waals surface area contributed by atoms with Gasteiger partial charge in [0, 0.05) is 38.7 Å². The Hall–Kier alpha value is -1.93. The van der Waals surface area contributed by atoms with Crippen LogP contribution in [0.5, 0.6) is 0 Å². The van der Waals surface area contributed by atoms with E-state index in [1.807, 2.05) is 10.8 Å². The molecule has 0 bridgehead atoms. The van der Waals surface area contributed by atoms with Crippen LogP contribution in [-0.2, 0) is 23.1 Å². The lowest BCUT2D eigenvalue weighted by molar-refractivity contribution is 0.334. The van der Waals surface area contributed by atoms with Crippen LogP contribution in [0.25, 0.3) is 0 Å². The second-order valence-electron chi connectivity index (χ2n) is 4.48. The van der Waals surface area contributed by atoms with Crippen molar-refractivity contribution in [2.45, 2.75) is 18.1 Å². The molecule has 0 radical (unpaired) electrons. The molecule has 1 aliphatic rings. The van der Waals surface area contributed by atoms with Gasteiger partial charge in [-0.15, -0.1) is 0 Å². The Kier molecular flexibility index (Phi) is 3.19. The molecule has 0 amide bonds. The predicted molar refractivity (Wildman–Crippen MR) is 73.6 cm³/mol. The lowest BCUT2D eigenvalue weighted by Gasteiger charge is -2.27. The first-order chi connectivity index (χ1) is 9.63. The third-order valence-corrected chi connectivity index (χ3v) is 5.14. The van der Waals surface area contributed by atoms with Gasteiger partial charge in [0.05, 0.1) is 12.2 Å². The van der Waals surface area contributed by atoms with Gasteiger partial charge in [-0.25, -0.2) is 18.4 Å². The van der Waals surface area contributed by atoms with E-state index in [0.29, 0.717) is 18.8 Å². The number of imidazole rings is 1. The van der Waals surface area contributed by atoms with Crippen LogP contribution in [0.3, 0.4) is 0 Å². The standard InChI is InChI=1S/C12H15N5O2S/c1-13-10-3-2-4-15-12(10)20(18,19)17-8-7-16-6-5-14-11(16)9-17/h2-6,13H,7-9H2,1H3. The second kappa shape index (κ2) is 4.88. The number of hydrogen-bond donors (Lipinski definition) is 1. The van der Waals surface area contributed by atoms with Crippen molar-refractivity contribution in [1.29, 1.82) is 0 Å². The van der Waals surface area contributed by atoms with Gasteiger partial charge in [0.1, 0.15) is 5.82 Å². The Morgan fingerprint density at radius 1 is 1.25 bits per heavy atom. The maximum absolute atomic E-state index is 12.7. The van der Waals surface area contributed by atoms with Crippen molar-refractivity contribution in [3.8, 4) is 0 Å². The zero-order valence-corrected chi connectivity index (χ0v) is 11.8. The number of pyridine rings is 1. The smallest absolute Gasteiger partial charge is 0.263 e. The lowest BCUT2D eigenvalue weighted by Crippen LogP contribution is -2.38. The molecule has 0 spiro atoms. The van der Waals surface area contributed by atoms with Crippen molar-refractivity contribution in [1.82, 2.24) is 18.8 Å². The Balaban J connectivity index is 1.97. The molecule has 0 atom stereocenters. The van der Waals surface area contributed by atoms with Crippen molar-refractivity contribution in [2.24, 2.45) is 0 Å². The first-order valence-electron chi connectivity index (χ1n) is 6.26. The minimum absolute atomic E-state index is 0.0579. The van der Waals surface area contributed by atoms with Gasteiger partial charge in [-0.2, -0.15) is 4.31 Å². The molecule has 3 heterocycles. The highest BCUT2D eigenvalue weighted by Crippen LogP contribution is 2.24. The maximum Gasteiger partial charge on any atom is 0.263 e. The van der Waals surface area contributed by atoms with Crippen LogP contribution in [-0.4, -0.2) is 40.9 Å². The predicted octanol–water partition coefficient (Wildman–Crippen LogP) is 0.524. The summed E-state index contributed by atoms with van der Waals surface area (Å²) in [5, 5.41) is 2.92. The summed E-state index contributed by atoms with van der Waals surface area (Å²) >= 11 is 0. The number of anilines is 1. The highest BCUT2D eigenvalue weighted by molar-refractivity contribution is 7.89. The fraction of sp³-hybridized carbons (Fsp3) is 0.333. The summed E-state index contributed by atoms with van der Waals surface area (Å²) in [6.07, 6.45) is 5.03. The van der Waals surface area contributed by atoms with Crippen molar-refractivity contribution < 1.29 is 8.42 Å². The van der Waals surface area contributed by atoms with Crippen molar-refractivity contribution >= 4 is 15.7 Å². The molecule has 106 valence electrons. The topological polar surface area (TPSA) is 80.1 Å². The van der Waals surface area contributed by atoms with E-state index in [-0.39, 0.29) is 11.6 Å². The number of fused-ring (bicyclic) bond motifs is 1. The van der Waals surface area contributed by atoms with Crippen LogP contribution >= 0.6 is 0 Å². The van der Waals surface area contributed by atoms with E-state index in [1.54, 1.807) is 25.4 Å². The molecule has 1 N–H and O–H groups in total. The zero-order valence-electron chi connectivity index (χ0n) is 11.0. The summed E-state index contributed by atoms with van der Waals surface area (Å²) in [7, 11) is -1.94. The van der Waals surface area contributed by atoms with E-state index in [1.165, 1.54) is 10.5 Å². The largest absolute Gasteiger partial charge is 0.386 e. The van der Waals surface area contributed by atoms with Crippen LogP contribution in [0.4, 0.5) is 5.69 Å². The van der Waals surface area contributed by atoms with E-state index in [4.69, 9.17) is 0 Å². The molecule has 2 aromatic rings. The molecule has 0 unspecified atom stereocenters. The molecule has 7 nitrogen and oxygen atoms in total. The number of nitrogens with zero attached hydrogens (tertiary/aromatic N) is 4. The van der Waals surface area contributed by atoms with Crippen LogP contribution in [0.2, 0.25) is 0 Å². The molecule has 0 saturated carbocycles. The highest BCUT2D eigenvalue weighted by Gasteiger charge is 2.31. The third kappa shape index (κ3) is 2.06.